The van der Waals surface area contributed by atoms with E-state index in [0.29, 0.717) is 28.7 Å². The summed E-state index contributed by atoms with van der Waals surface area (Å²) >= 11 is 5.98. The fraction of sp³-hybridized carbons (Fsp3) is 0.278. The fourth-order valence-corrected chi connectivity index (χ4v) is 2.45. The van der Waals surface area contributed by atoms with Crippen LogP contribution in [0, 0.1) is 0 Å². The molecule has 0 saturated heterocycles. The van der Waals surface area contributed by atoms with Crippen molar-refractivity contribution in [1.29, 1.82) is 0 Å². The summed E-state index contributed by atoms with van der Waals surface area (Å²) in [5.41, 5.74) is 1.60. The maximum absolute atomic E-state index is 12.4. The third-order valence-corrected chi connectivity index (χ3v) is 4.01. The lowest BCUT2D eigenvalue weighted by Crippen LogP contribution is -2.25. The molecule has 1 aromatic heterocycles. The lowest BCUT2D eigenvalue weighted by Gasteiger charge is -2.13. The lowest BCUT2D eigenvalue weighted by atomic mass is 10.2. The second-order valence-corrected chi connectivity index (χ2v) is 6.60. The van der Waals surface area contributed by atoms with Crippen molar-refractivity contribution in [3.8, 4) is 0 Å². The van der Waals surface area contributed by atoms with Crippen LogP contribution in [-0.2, 0) is 0 Å². The number of amides is 2. The van der Waals surface area contributed by atoms with Crippen molar-refractivity contribution in [1.82, 2.24) is 10.3 Å². The van der Waals surface area contributed by atoms with Gasteiger partial charge in [-0.25, -0.2) is 4.98 Å². The minimum absolute atomic E-state index is 0.0862. The second kappa shape index (κ2) is 7.11. The Kier molecular flexibility index (Phi) is 4.90. The Morgan fingerprint density at radius 1 is 1.08 bits per heavy atom. The summed E-state index contributed by atoms with van der Waals surface area (Å²) in [4.78, 5) is 30.3. The number of nitrogens with zero attached hydrogens (tertiary/aromatic N) is 2. The highest BCUT2D eigenvalue weighted by Gasteiger charge is 2.23. The van der Waals surface area contributed by atoms with Gasteiger partial charge in [0.25, 0.3) is 11.8 Å². The molecule has 0 spiro atoms. The van der Waals surface area contributed by atoms with Gasteiger partial charge in [-0.05, 0) is 49.2 Å². The predicted molar refractivity (Wildman–Crippen MR) is 98.5 cm³/mol. The van der Waals surface area contributed by atoms with Gasteiger partial charge in [0.15, 0.2) is 0 Å². The molecule has 25 heavy (non-hydrogen) atoms. The molecular weight excluding hydrogens is 340 g/mol. The molecule has 1 saturated carbocycles. The van der Waals surface area contributed by atoms with Gasteiger partial charge in [0.2, 0.25) is 0 Å². The number of hydrogen-bond donors (Lipinski definition) is 2. The number of benzene rings is 1. The van der Waals surface area contributed by atoms with Gasteiger partial charge >= 0.3 is 0 Å². The van der Waals surface area contributed by atoms with E-state index in [4.69, 9.17) is 11.6 Å². The quantitative estimate of drug-likeness (QED) is 0.806. The highest BCUT2D eigenvalue weighted by atomic mass is 35.5. The number of pyridine rings is 1. The number of carbonyl (C=O) groups excluding carboxylic acids is 2. The molecular formula is C18H19ClN4O2. The molecule has 130 valence electrons. The van der Waals surface area contributed by atoms with E-state index >= 15 is 0 Å². The number of nitrogens with one attached hydrogen (secondary N) is 2. The Morgan fingerprint density at radius 3 is 2.36 bits per heavy atom. The van der Waals surface area contributed by atoms with Gasteiger partial charge in [-0.2, -0.15) is 0 Å². The van der Waals surface area contributed by atoms with E-state index < -0.39 is 0 Å². The first-order valence-electron chi connectivity index (χ1n) is 7.99. The van der Waals surface area contributed by atoms with Crippen LogP contribution in [0.25, 0.3) is 0 Å². The molecule has 2 amide bonds. The van der Waals surface area contributed by atoms with Crippen LogP contribution in [0.1, 0.15) is 33.6 Å². The zero-order chi connectivity index (χ0) is 18.0. The summed E-state index contributed by atoms with van der Waals surface area (Å²) in [6, 6.07) is 10.3. The minimum atomic E-state index is -0.289. The number of carbonyl (C=O) groups is 2. The van der Waals surface area contributed by atoms with Crippen molar-refractivity contribution in [2.24, 2.45) is 0 Å². The molecule has 3 rings (SSSR count). The van der Waals surface area contributed by atoms with E-state index in [1.807, 2.05) is 14.1 Å². The molecule has 2 aromatic rings. The Labute approximate surface area is 151 Å². The highest BCUT2D eigenvalue weighted by molar-refractivity contribution is 6.30. The summed E-state index contributed by atoms with van der Waals surface area (Å²) in [5.74, 6) is 0.226. The largest absolute Gasteiger partial charge is 0.363 e. The third-order valence-electron chi connectivity index (χ3n) is 3.82. The van der Waals surface area contributed by atoms with Crippen molar-refractivity contribution in [3.63, 3.8) is 0 Å². The van der Waals surface area contributed by atoms with Crippen LogP contribution >= 0.6 is 11.6 Å². The zero-order valence-corrected chi connectivity index (χ0v) is 14.8. The summed E-state index contributed by atoms with van der Waals surface area (Å²) in [6.45, 7) is 0. The SMILES string of the molecule is CN(C)c1cc(C(=O)Nc2ccc(C(=O)NC3CC3)cc2)cc(Cl)n1. The van der Waals surface area contributed by atoms with Crippen LogP contribution in [0.3, 0.4) is 0 Å². The maximum Gasteiger partial charge on any atom is 0.255 e. The van der Waals surface area contributed by atoms with Crippen LogP contribution in [0.15, 0.2) is 36.4 Å². The van der Waals surface area contributed by atoms with E-state index in [0.717, 1.165) is 12.8 Å². The first-order chi connectivity index (χ1) is 11.9. The molecule has 0 atom stereocenters. The van der Waals surface area contributed by atoms with Gasteiger partial charge in [-0.15, -0.1) is 0 Å². The third kappa shape index (κ3) is 4.48. The summed E-state index contributed by atoms with van der Waals surface area (Å²) < 4.78 is 0. The topological polar surface area (TPSA) is 74.3 Å². The molecule has 0 unspecified atom stereocenters. The Hall–Kier alpha value is -2.60. The average molecular weight is 359 g/mol. The maximum atomic E-state index is 12.4. The second-order valence-electron chi connectivity index (χ2n) is 6.21. The van der Waals surface area contributed by atoms with Gasteiger partial charge in [-0.3, -0.25) is 9.59 Å². The summed E-state index contributed by atoms with van der Waals surface area (Å²) in [6.07, 6.45) is 2.09. The van der Waals surface area contributed by atoms with Crippen molar-refractivity contribution < 1.29 is 9.59 Å². The molecule has 0 bridgehead atoms. The van der Waals surface area contributed by atoms with Crippen molar-refractivity contribution in [2.75, 3.05) is 24.3 Å². The van der Waals surface area contributed by atoms with Crippen LogP contribution < -0.4 is 15.5 Å². The highest BCUT2D eigenvalue weighted by Crippen LogP contribution is 2.20. The number of rotatable bonds is 5. The van der Waals surface area contributed by atoms with Crippen LogP contribution in [-0.4, -0.2) is 36.9 Å². The molecule has 1 fully saturated rings. The lowest BCUT2D eigenvalue weighted by molar-refractivity contribution is 0.0950. The molecule has 2 N–H and O–H groups in total. The van der Waals surface area contributed by atoms with Gasteiger partial charge in [0, 0.05) is 37.0 Å². The number of aromatic nitrogens is 1. The Morgan fingerprint density at radius 2 is 1.76 bits per heavy atom. The van der Waals surface area contributed by atoms with Gasteiger partial charge in [-0.1, -0.05) is 11.6 Å². The van der Waals surface area contributed by atoms with E-state index in [2.05, 4.69) is 15.6 Å². The Bertz CT molecular complexity index is 801. The Balaban J connectivity index is 1.69. The average Bonchev–Trinajstić information content (AvgIpc) is 3.38. The van der Waals surface area contributed by atoms with E-state index in [1.165, 1.54) is 6.07 Å². The predicted octanol–water partition coefficient (Wildman–Crippen LogP) is 2.95. The van der Waals surface area contributed by atoms with Gasteiger partial charge in [0.05, 0.1) is 0 Å². The van der Waals surface area contributed by atoms with Crippen LogP contribution in [0.5, 0.6) is 0 Å². The smallest absolute Gasteiger partial charge is 0.255 e. The van der Waals surface area contributed by atoms with Gasteiger partial charge < -0.3 is 15.5 Å². The first kappa shape index (κ1) is 17.2. The van der Waals surface area contributed by atoms with Crippen molar-refractivity contribution in [3.05, 3.63) is 52.7 Å². The zero-order valence-electron chi connectivity index (χ0n) is 14.0. The summed E-state index contributed by atoms with van der Waals surface area (Å²) in [5, 5.41) is 5.98. The monoisotopic (exact) mass is 358 g/mol. The first-order valence-corrected chi connectivity index (χ1v) is 8.37. The van der Waals surface area contributed by atoms with Crippen molar-refractivity contribution in [2.45, 2.75) is 18.9 Å². The molecule has 7 heteroatoms. The van der Waals surface area contributed by atoms with E-state index in [9.17, 15) is 9.59 Å². The fourth-order valence-electron chi connectivity index (χ4n) is 2.25. The van der Waals surface area contributed by atoms with Gasteiger partial charge in [0.1, 0.15) is 11.0 Å². The molecule has 1 aliphatic carbocycles. The van der Waals surface area contributed by atoms with Crippen molar-refractivity contribution >= 4 is 34.9 Å². The van der Waals surface area contributed by atoms with E-state index in [-0.39, 0.29) is 17.0 Å². The standard InChI is InChI=1S/C18H19ClN4O2/c1-23(2)16-10-12(9-15(19)22-16)18(25)21-13-5-3-11(4-6-13)17(24)20-14-7-8-14/h3-6,9-10,14H,7-8H2,1-2H3,(H,20,24)(H,21,25). The molecule has 0 aliphatic heterocycles. The number of anilines is 2. The molecule has 1 heterocycles. The summed E-state index contributed by atoms with van der Waals surface area (Å²) in [7, 11) is 3.65. The van der Waals surface area contributed by atoms with E-state index in [1.54, 1.807) is 35.2 Å². The van der Waals surface area contributed by atoms with Crippen LogP contribution in [0.4, 0.5) is 11.5 Å². The molecule has 0 radical (unpaired) electrons. The normalized spacial score (nSPS) is 13.2. The molecule has 1 aliphatic rings. The van der Waals surface area contributed by atoms with Crippen LogP contribution in [0.2, 0.25) is 5.15 Å². The molecule has 1 aromatic carbocycles. The molecule has 6 nitrogen and oxygen atoms in total. The minimum Gasteiger partial charge on any atom is -0.363 e. The number of halogens is 1. The number of hydrogen-bond acceptors (Lipinski definition) is 4.